The predicted octanol–water partition coefficient (Wildman–Crippen LogP) is 4.13. The first-order valence-corrected chi connectivity index (χ1v) is 14.1. The molecule has 8 heteroatoms. The second kappa shape index (κ2) is 8.60. The number of carbonyl (C=O) groups is 1. The van der Waals surface area contributed by atoms with E-state index in [0.717, 1.165) is 37.9 Å². The monoisotopic (exact) mass is 447 g/mol. The van der Waals surface area contributed by atoms with Gasteiger partial charge in [0.05, 0.1) is 12.6 Å². The molecule has 0 saturated carbocycles. The maximum atomic E-state index is 12.6. The SMILES string of the molecule is CC(C)(C)OC(=O)N1CCC[C@H]1C1=NCC(Br)N1COCC[Si](C)(C)C. The van der Waals surface area contributed by atoms with Crippen molar-refractivity contribution in [1.82, 2.24) is 9.80 Å². The highest BCUT2D eigenvalue weighted by Gasteiger charge is 2.40. The van der Waals surface area contributed by atoms with Crippen LogP contribution < -0.4 is 0 Å². The molecule has 1 fully saturated rings. The van der Waals surface area contributed by atoms with Gasteiger partial charge in [-0.25, -0.2) is 4.79 Å². The second-order valence-corrected chi connectivity index (χ2v) is 16.0. The van der Waals surface area contributed by atoms with Crippen LogP contribution in [0.3, 0.4) is 0 Å². The van der Waals surface area contributed by atoms with Gasteiger partial charge >= 0.3 is 6.09 Å². The summed E-state index contributed by atoms with van der Waals surface area (Å²) in [7, 11) is -1.10. The van der Waals surface area contributed by atoms with E-state index < -0.39 is 13.7 Å². The molecule has 150 valence electrons. The minimum absolute atomic E-state index is 0.0204. The summed E-state index contributed by atoms with van der Waals surface area (Å²) in [5.41, 5.74) is -0.487. The number of halogens is 1. The lowest BCUT2D eigenvalue weighted by atomic mass is 10.2. The van der Waals surface area contributed by atoms with Crippen molar-refractivity contribution < 1.29 is 14.3 Å². The average Bonchev–Trinajstić information content (AvgIpc) is 3.07. The fourth-order valence-electron chi connectivity index (χ4n) is 3.06. The third-order valence-electron chi connectivity index (χ3n) is 4.44. The highest BCUT2D eigenvalue weighted by atomic mass is 79.9. The summed E-state index contributed by atoms with van der Waals surface area (Å²) in [4.78, 5) is 21.4. The standard InChI is InChI=1S/C18H34BrN3O3Si/c1-18(2,3)25-17(23)21-9-7-8-14(21)16-20-12-15(19)22(16)13-24-10-11-26(4,5)6/h14-15H,7-13H2,1-6H3/t14-,15?/m0/s1. The van der Waals surface area contributed by atoms with Crippen LogP contribution in [0.2, 0.25) is 25.7 Å². The topological polar surface area (TPSA) is 54.4 Å². The molecule has 0 aliphatic carbocycles. The number of amides is 1. The Morgan fingerprint density at radius 1 is 1.35 bits per heavy atom. The maximum absolute atomic E-state index is 12.6. The molecule has 2 aliphatic rings. The molecule has 2 rings (SSSR count). The van der Waals surface area contributed by atoms with Gasteiger partial charge in [0.25, 0.3) is 0 Å². The summed E-state index contributed by atoms with van der Waals surface area (Å²) < 4.78 is 11.5. The lowest BCUT2D eigenvalue weighted by Gasteiger charge is -2.33. The van der Waals surface area contributed by atoms with Crippen LogP contribution in [0, 0.1) is 0 Å². The second-order valence-electron chi connectivity index (χ2n) is 9.28. The molecule has 0 aromatic carbocycles. The Balaban J connectivity index is 1.97. The van der Waals surface area contributed by atoms with Gasteiger partial charge in [0, 0.05) is 21.2 Å². The van der Waals surface area contributed by atoms with Gasteiger partial charge in [-0.1, -0.05) is 35.6 Å². The number of nitrogens with zero attached hydrogens (tertiary/aromatic N) is 3. The van der Waals surface area contributed by atoms with Gasteiger partial charge in [0.15, 0.2) is 0 Å². The molecule has 0 spiro atoms. The molecule has 0 aromatic rings. The number of aliphatic imine (C=N–C) groups is 1. The van der Waals surface area contributed by atoms with Gasteiger partial charge in [-0.3, -0.25) is 9.89 Å². The Hall–Kier alpha value is -0.603. The predicted molar refractivity (Wildman–Crippen MR) is 112 cm³/mol. The molecule has 1 saturated heterocycles. The molecule has 0 bridgehead atoms. The van der Waals surface area contributed by atoms with Crippen LogP contribution >= 0.6 is 15.9 Å². The molecule has 1 unspecified atom stereocenters. The average molecular weight is 448 g/mol. The van der Waals surface area contributed by atoms with Crippen LogP contribution in [0.25, 0.3) is 0 Å². The summed E-state index contributed by atoms with van der Waals surface area (Å²) in [5.74, 6) is 0.947. The van der Waals surface area contributed by atoms with Gasteiger partial charge in [-0.15, -0.1) is 0 Å². The highest BCUT2D eigenvalue weighted by molar-refractivity contribution is 9.09. The van der Waals surface area contributed by atoms with Gasteiger partial charge in [-0.05, 0) is 39.7 Å². The Labute approximate surface area is 167 Å². The van der Waals surface area contributed by atoms with E-state index in [9.17, 15) is 4.79 Å². The van der Waals surface area contributed by atoms with Gasteiger partial charge in [0.2, 0.25) is 0 Å². The fourth-order valence-corrected chi connectivity index (χ4v) is 4.29. The summed E-state index contributed by atoms with van der Waals surface area (Å²) in [5, 5.41) is 0. The van der Waals surface area contributed by atoms with Crippen molar-refractivity contribution >= 4 is 35.9 Å². The smallest absolute Gasteiger partial charge is 0.410 e. The maximum Gasteiger partial charge on any atom is 0.410 e. The minimum Gasteiger partial charge on any atom is -0.444 e. The fraction of sp³-hybridized carbons (Fsp3) is 0.889. The molecule has 0 N–H and O–H groups in total. The molecule has 0 radical (unpaired) electrons. The third-order valence-corrected chi connectivity index (χ3v) is 6.93. The van der Waals surface area contributed by atoms with Crippen molar-refractivity contribution in [3.8, 4) is 0 Å². The minimum atomic E-state index is -1.10. The normalized spacial score (nSPS) is 24.2. The van der Waals surface area contributed by atoms with Gasteiger partial charge < -0.3 is 14.4 Å². The molecule has 6 nitrogen and oxygen atoms in total. The zero-order chi connectivity index (χ0) is 19.5. The van der Waals surface area contributed by atoms with E-state index in [1.807, 2.05) is 25.7 Å². The molecule has 0 aromatic heterocycles. The van der Waals surface area contributed by atoms with E-state index in [4.69, 9.17) is 14.5 Å². The van der Waals surface area contributed by atoms with Crippen molar-refractivity contribution in [1.29, 1.82) is 0 Å². The van der Waals surface area contributed by atoms with E-state index in [2.05, 4.69) is 40.5 Å². The Morgan fingerprint density at radius 2 is 2.04 bits per heavy atom. The van der Waals surface area contributed by atoms with Crippen molar-refractivity contribution in [2.75, 3.05) is 26.4 Å². The Morgan fingerprint density at radius 3 is 2.65 bits per heavy atom. The Bertz CT molecular complexity index is 531. The zero-order valence-corrected chi connectivity index (χ0v) is 19.6. The van der Waals surface area contributed by atoms with Gasteiger partial charge in [-0.2, -0.15) is 0 Å². The Kier molecular flexibility index (Phi) is 7.18. The van der Waals surface area contributed by atoms with E-state index in [1.54, 1.807) is 0 Å². The number of likely N-dealkylation sites (tertiary alicyclic amines) is 1. The zero-order valence-electron chi connectivity index (χ0n) is 17.0. The third kappa shape index (κ3) is 6.23. The molecular formula is C18H34BrN3O3Si. The quantitative estimate of drug-likeness (QED) is 0.265. The summed E-state index contributed by atoms with van der Waals surface area (Å²) in [6.45, 7) is 15.4. The molecule has 2 heterocycles. The number of amidine groups is 1. The van der Waals surface area contributed by atoms with Gasteiger partial charge in [0.1, 0.15) is 23.1 Å². The summed E-state index contributed by atoms with van der Waals surface area (Å²) in [6, 6.07) is 1.13. The van der Waals surface area contributed by atoms with Crippen molar-refractivity contribution in [2.24, 2.45) is 4.99 Å². The first-order chi connectivity index (χ1) is 12.0. The number of rotatable bonds is 6. The molecule has 2 atom stereocenters. The molecule has 2 aliphatic heterocycles. The van der Waals surface area contributed by atoms with E-state index in [0.29, 0.717) is 13.3 Å². The van der Waals surface area contributed by atoms with Crippen molar-refractivity contribution in [3.63, 3.8) is 0 Å². The van der Waals surface area contributed by atoms with E-state index in [-0.39, 0.29) is 17.1 Å². The van der Waals surface area contributed by atoms with Crippen molar-refractivity contribution in [3.05, 3.63) is 0 Å². The molecule has 26 heavy (non-hydrogen) atoms. The van der Waals surface area contributed by atoms with Crippen LogP contribution in [0.4, 0.5) is 4.79 Å². The molecular weight excluding hydrogens is 414 g/mol. The van der Waals surface area contributed by atoms with Crippen LogP contribution in [0.5, 0.6) is 0 Å². The number of hydrogen-bond acceptors (Lipinski definition) is 5. The largest absolute Gasteiger partial charge is 0.444 e. The molecule has 1 amide bonds. The van der Waals surface area contributed by atoms with Crippen molar-refractivity contribution in [2.45, 2.75) is 75.9 Å². The van der Waals surface area contributed by atoms with Crippen LogP contribution in [0.1, 0.15) is 33.6 Å². The summed E-state index contributed by atoms with van der Waals surface area (Å²) >= 11 is 3.69. The highest BCUT2D eigenvalue weighted by Crippen LogP contribution is 2.27. The van der Waals surface area contributed by atoms with Crippen LogP contribution in [-0.4, -0.2) is 72.8 Å². The van der Waals surface area contributed by atoms with Crippen LogP contribution in [0.15, 0.2) is 4.99 Å². The first kappa shape index (κ1) is 21.7. The number of carbonyl (C=O) groups excluding carboxylic acids is 1. The van der Waals surface area contributed by atoms with Crippen LogP contribution in [-0.2, 0) is 9.47 Å². The lowest BCUT2D eigenvalue weighted by molar-refractivity contribution is 0.0247. The van der Waals surface area contributed by atoms with E-state index >= 15 is 0 Å². The number of alkyl halides is 1. The first-order valence-electron chi connectivity index (χ1n) is 9.50. The van der Waals surface area contributed by atoms with E-state index in [1.165, 1.54) is 0 Å². The summed E-state index contributed by atoms with van der Waals surface area (Å²) in [6.07, 6.45) is 1.64. The number of hydrogen-bond donors (Lipinski definition) is 0. The lowest BCUT2D eigenvalue weighted by Crippen LogP contribution is -2.49. The number of ether oxygens (including phenoxy) is 2.